The summed E-state index contributed by atoms with van der Waals surface area (Å²) in [6.45, 7) is 3.00. The van der Waals surface area contributed by atoms with Crippen molar-refractivity contribution in [1.82, 2.24) is 9.47 Å². The minimum Gasteiger partial charge on any atom is -0.468 e. The van der Waals surface area contributed by atoms with Gasteiger partial charge in [0.15, 0.2) is 0 Å². The normalized spacial score (nSPS) is 25.7. The van der Waals surface area contributed by atoms with Gasteiger partial charge in [0.05, 0.1) is 13.2 Å². The van der Waals surface area contributed by atoms with Crippen LogP contribution < -0.4 is 5.56 Å². The number of hydrogen-bond acceptors (Lipinski definition) is 5. The maximum Gasteiger partial charge on any atom is 0.323 e. The van der Waals surface area contributed by atoms with Crippen molar-refractivity contribution < 1.29 is 19.0 Å². The number of fused-ring (bicyclic) bond motifs is 3. The zero-order valence-electron chi connectivity index (χ0n) is 16.5. The van der Waals surface area contributed by atoms with Crippen molar-refractivity contribution in [2.24, 2.45) is 11.8 Å². The standard InChI is InChI=1S/C22H25FN2O4/c1-3-10-24-19-16(17(12-26)20(24)22(28)29-2)11-25-18(19)9-8-15(21(25)27)13-4-6-14(23)7-5-13/h4-9,16-17,19-20,26H,3,10-12H2,1-2H3/t16-,17-,19+,20-/m0/s1. The summed E-state index contributed by atoms with van der Waals surface area (Å²) in [6, 6.07) is 8.94. The Kier molecular flexibility index (Phi) is 5.27. The van der Waals surface area contributed by atoms with Crippen LogP contribution in [0, 0.1) is 17.7 Å². The first-order valence-corrected chi connectivity index (χ1v) is 9.95. The van der Waals surface area contributed by atoms with Crippen LogP contribution in [0.25, 0.3) is 11.1 Å². The molecule has 2 aromatic rings. The van der Waals surface area contributed by atoms with E-state index in [2.05, 4.69) is 4.90 Å². The highest BCUT2D eigenvalue weighted by molar-refractivity contribution is 5.77. The molecular formula is C22H25FN2O4. The third-order valence-electron chi connectivity index (χ3n) is 6.27. The molecule has 0 aliphatic carbocycles. The van der Waals surface area contributed by atoms with E-state index in [9.17, 15) is 19.1 Å². The molecule has 0 bridgehead atoms. The Bertz CT molecular complexity index is 972. The Morgan fingerprint density at radius 3 is 2.59 bits per heavy atom. The Balaban J connectivity index is 1.78. The highest BCUT2D eigenvalue weighted by Gasteiger charge is 2.55. The molecule has 4 rings (SSSR count). The average molecular weight is 400 g/mol. The Morgan fingerprint density at radius 2 is 1.97 bits per heavy atom. The second kappa shape index (κ2) is 7.72. The van der Waals surface area contributed by atoms with Gasteiger partial charge in [-0.2, -0.15) is 0 Å². The van der Waals surface area contributed by atoms with E-state index in [4.69, 9.17) is 4.74 Å². The SMILES string of the molecule is CCCN1[C@H](C(=O)OC)[C@@H](CO)[C@@H]2Cn3c(ccc(-c4ccc(F)cc4)c3=O)[C@@H]21. The number of aromatic nitrogens is 1. The predicted molar refractivity (Wildman–Crippen MR) is 106 cm³/mol. The molecule has 29 heavy (non-hydrogen) atoms. The van der Waals surface area contributed by atoms with Crippen LogP contribution in [-0.4, -0.2) is 46.8 Å². The zero-order chi connectivity index (χ0) is 20.7. The van der Waals surface area contributed by atoms with Crippen LogP contribution in [0.15, 0.2) is 41.2 Å². The summed E-state index contributed by atoms with van der Waals surface area (Å²) < 4.78 is 20.0. The number of carbonyl (C=O) groups is 1. The number of nitrogens with zero attached hydrogens (tertiary/aromatic N) is 2. The van der Waals surface area contributed by atoms with E-state index in [-0.39, 0.29) is 41.8 Å². The van der Waals surface area contributed by atoms with Gasteiger partial charge in [0, 0.05) is 36.2 Å². The second-order valence-corrected chi connectivity index (χ2v) is 7.76. The molecule has 7 heteroatoms. The summed E-state index contributed by atoms with van der Waals surface area (Å²) in [7, 11) is 1.36. The summed E-state index contributed by atoms with van der Waals surface area (Å²) in [4.78, 5) is 27.8. The van der Waals surface area contributed by atoms with Gasteiger partial charge < -0.3 is 14.4 Å². The summed E-state index contributed by atoms with van der Waals surface area (Å²) in [6.07, 6.45) is 0.840. The summed E-state index contributed by atoms with van der Waals surface area (Å²) >= 11 is 0. The van der Waals surface area contributed by atoms with E-state index in [0.29, 0.717) is 24.2 Å². The number of aliphatic hydroxyl groups excluding tert-OH is 1. The van der Waals surface area contributed by atoms with Crippen LogP contribution in [0.1, 0.15) is 25.1 Å². The van der Waals surface area contributed by atoms with Crippen LogP contribution in [0.3, 0.4) is 0 Å². The number of aliphatic hydroxyl groups is 1. The van der Waals surface area contributed by atoms with Crippen LogP contribution >= 0.6 is 0 Å². The van der Waals surface area contributed by atoms with E-state index in [0.717, 1.165) is 12.1 Å². The third-order valence-corrected chi connectivity index (χ3v) is 6.27. The van der Waals surface area contributed by atoms with Crippen LogP contribution in [0.2, 0.25) is 0 Å². The fourth-order valence-corrected chi connectivity index (χ4v) is 5.06. The maximum atomic E-state index is 13.3. The number of hydrogen-bond donors (Lipinski definition) is 1. The number of rotatable bonds is 5. The van der Waals surface area contributed by atoms with Crippen molar-refractivity contribution in [1.29, 1.82) is 0 Å². The lowest BCUT2D eigenvalue weighted by Crippen LogP contribution is -2.43. The Labute approximate surface area is 168 Å². The number of pyridine rings is 1. The molecule has 154 valence electrons. The van der Waals surface area contributed by atoms with Crippen LogP contribution in [0.5, 0.6) is 0 Å². The molecule has 0 spiro atoms. The topological polar surface area (TPSA) is 71.8 Å². The van der Waals surface area contributed by atoms with E-state index in [1.165, 1.54) is 19.2 Å². The van der Waals surface area contributed by atoms with E-state index in [1.54, 1.807) is 22.8 Å². The van der Waals surface area contributed by atoms with Crippen molar-refractivity contribution >= 4 is 5.97 Å². The van der Waals surface area contributed by atoms with Crippen molar-refractivity contribution in [3.8, 4) is 11.1 Å². The molecule has 0 radical (unpaired) electrons. The largest absolute Gasteiger partial charge is 0.468 e. The van der Waals surface area contributed by atoms with E-state index >= 15 is 0 Å². The highest BCUT2D eigenvalue weighted by atomic mass is 19.1. The first-order valence-electron chi connectivity index (χ1n) is 9.95. The quantitative estimate of drug-likeness (QED) is 0.779. The lowest BCUT2D eigenvalue weighted by Gasteiger charge is -2.29. The molecule has 4 atom stereocenters. The van der Waals surface area contributed by atoms with Gasteiger partial charge in [-0.15, -0.1) is 0 Å². The number of methoxy groups -OCH3 is 1. The molecule has 0 amide bonds. The first kappa shape index (κ1) is 19.8. The monoisotopic (exact) mass is 400 g/mol. The Hall–Kier alpha value is -2.51. The molecule has 1 saturated heterocycles. The number of ether oxygens (including phenoxy) is 1. The van der Waals surface area contributed by atoms with Crippen molar-refractivity contribution in [2.75, 3.05) is 20.3 Å². The first-order chi connectivity index (χ1) is 14.0. The maximum absolute atomic E-state index is 13.3. The molecule has 1 aromatic heterocycles. The third kappa shape index (κ3) is 3.09. The second-order valence-electron chi connectivity index (χ2n) is 7.76. The zero-order valence-corrected chi connectivity index (χ0v) is 16.5. The molecule has 2 aliphatic rings. The molecule has 2 aliphatic heterocycles. The molecule has 1 fully saturated rings. The van der Waals surface area contributed by atoms with Crippen LogP contribution in [0.4, 0.5) is 4.39 Å². The van der Waals surface area contributed by atoms with Gasteiger partial charge in [-0.25, -0.2) is 4.39 Å². The van der Waals surface area contributed by atoms with Gasteiger partial charge in [-0.3, -0.25) is 14.5 Å². The predicted octanol–water partition coefficient (Wildman–Crippen LogP) is 2.20. The van der Waals surface area contributed by atoms with Crippen molar-refractivity contribution in [3.63, 3.8) is 0 Å². The molecular weight excluding hydrogens is 375 g/mol. The fourth-order valence-electron chi connectivity index (χ4n) is 5.06. The van der Waals surface area contributed by atoms with Gasteiger partial charge in [0.2, 0.25) is 0 Å². The number of halogens is 1. The summed E-state index contributed by atoms with van der Waals surface area (Å²) in [5, 5.41) is 10.1. The minimum atomic E-state index is -0.513. The Morgan fingerprint density at radius 1 is 1.24 bits per heavy atom. The van der Waals surface area contributed by atoms with E-state index < -0.39 is 6.04 Å². The molecule has 0 unspecified atom stereocenters. The minimum absolute atomic E-state index is 0.0492. The van der Waals surface area contributed by atoms with Crippen molar-refractivity contribution in [3.05, 3.63) is 58.3 Å². The average Bonchev–Trinajstić information content (AvgIpc) is 3.24. The van der Waals surface area contributed by atoms with Gasteiger partial charge in [0.25, 0.3) is 5.56 Å². The number of carbonyl (C=O) groups excluding carboxylic acids is 1. The molecule has 0 saturated carbocycles. The van der Waals surface area contributed by atoms with Gasteiger partial charge in [-0.05, 0) is 42.8 Å². The fraction of sp³-hybridized carbons (Fsp3) is 0.455. The number of likely N-dealkylation sites (tertiary alicyclic amines) is 1. The van der Waals surface area contributed by atoms with Gasteiger partial charge in [0.1, 0.15) is 11.9 Å². The van der Waals surface area contributed by atoms with Gasteiger partial charge >= 0.3 is 5.97 Å². The molecule has 1 N–H and O–H groups in total. The molecule has 1 aromatic carbocycles. The summed E-state index contributed by atoms with van der Waals surface area (Å²) in [5.41, 5.74) is 1.90. The number of benzene rings is 1. The lowest BCUT2D eigenvalue weighted by atomic mass is 9.88. The van der Waals surface area contributed by atoms with Crippen LogP contribution in [-0.2, 0) is 16.1 Å². The molecule has 6 nitrogen and oxygen atoms in total. The van der Waals surface area contributed by atoms with E-state index in [1.807, 2.05) is 13.0 Å². The lowest BCUT2D eigenvalue weighted by molar-refractivity contribution is -0.148. The molecule has 3 heterocycles. The highest BCUT2D eigenvalue weighted by Crippen LogP contribution is 2.49. The number of esters is 1. The van der Waals surface area contributed by atoms with Gasteiger partial charge in [-0.1, -0.05) is 19.1 Å². The van der Waals surface area contributed by atoms with Crippen molar-refractivity contribution in [2.45, 2.75) is 32.0 Å². The summed E-state index contributed by atoms with van der Waals surface area (Å²) in [5.74, 6) is -1.04. The smallest absolute Gasteiger partial charge is 0.323 e.